The van der Waals surface area contributed by atoms with E-state index in [1.165, 1.54) is 32.1 Å². The van der Waals surface area contributed by atoms with Gasteiger partial charge in [-0.25, -0.2) is 9.97 Å². The summed E-state index contributed by atoms with van der Waals surface area (Å²) in [6.07, 6.45) is 12.7. The summed E-state index contributed by atoms with van der Waals surface area (Å²) in [7, 11) is 0. The number of carboxylic acid groups (broad SMARTS) is 1. The van der Waals surface area contributed by atoms with Crippen molar-refractivity contribution in [1.82, 2.24) is 20.1 Å². The molecule has 3 heterocycles. The maximum Gasteiger partial charge on any atom is 0.304 e. The molecule has 9 heteroatoms. The van der Waals surface area contributed by atoms with E-state index in [1.54, 1.807) is 12.4 Å². The molecule has 1 saturated carbocycles. The molecule has 1 aliphatic heterocycles. The van der Waals surface area contributed by atoms with Crippen molar-refractivity contribution in [2.24, 2.45) is 5.92 Å². The van der Waals surface area contributed by atoms with Crippen LogP contribution in [-0.4, -0.2) is 57.5 Å². The smallest absolute Gasteiger partial charge is 0.304 e. The largest absolute Gasteiger partial charge is 0.481 e. The average Bonchev–Trinajstić information content (AvgIpc) is 3.30. The minimum Gasteiger partial charge on any atom is -0.481 e. The van der Waals surface area contributed by atoms with Crippen LogP contribution in [0.5, 0.6) is 0 Å². The van der Waals surface area contributed by atoms with Gasteiger partial charge in [-0.2, -0.15) is 4.98 Å². The van der Waals surface area contributed by atoms with Gasteiger partial charge in [-0.1, -0.05) is 50.1 Å². The van der Waals surface area contributed by atoms with Crippen LogP contribution in [0.1, 0.15) is 69.6 Å². The fourth-order valence-electron chi connectivity index (χ4n) is 4.64. The third-order valence-electron chi connectivity index (χ3n) is 6.30. The summed E-state index contributed by atoms with van der Waals surface area (Å²) >= 11 is 0. The quantitative estimate of drug-likeness (QED) is 0.637. The first-order valence-corrected chi connectivity index (χ1v) is 11.4. The van der Waals surface area contributed by atoms with Crippen molar-refractivity contribution >= 4 is 11.8 Å². The Bertz CT molecular complexity index is 846. The Labute approximate surface area is 182 Å². The highest BCUT2D eigenvalue weighted by atomic mass is 16.5. The van der Waals surface area contributed by atoms with E-state index in [1.807, 2.05) is 0 Å². The average molecular weight is 430 g/mol. The van der Waals surface area contributed by atoms with E-state index < -0.39 is 5.97 Å². The summed E-state index contributed by atoms with van der Waals surface area (Å²) < 4.78 is 11.0. The van der Waals surface area contributed by atoms with Crippen LogP contribution in [0.3, 0.4) is 0 Å². The molecular weight excluding hydrogens is 398 g/mol. The van der Waals surface area contributed by atoms with Crippen molar-refractivity contribution in [2.45, 2.75) is 63.7 Å². The molecule has 0 bridgehead atoms. The maximum atomic E-state index is 11.5. The Morgan fingerprint density at radius 3 is 2.71 bits per heavy atom. The summed E-state index contributed by atoms with van der Waals surface area (Å²) in [6.45, 7) is 2.71. The van der Waals surface area contributed by atoms with Gasteiger partial charge in [0.15, 0.2) is 11.5 Å². The third kappa shape index (κ3) is 5.78. The highest BCUT2D eigenvalue weighted by Gasteiger charge is 2.26. The third-order valence-corrected chi connectivity index (χ3v) is 6.30. The van der Waals surface area contributed by atoms with Crippen molar-refractivity contribution in [1.29, 1.82) is 0 Å². The molecule has 0 radical (unpaired) electrons. The zero-order valence-corrected chi connectivity index (χ0v) is 17.9. The van der Waals surface area contributed by atoms with Crippen LogP contribution in [-0.2, 0) is 9.53 Å². The van der Waals surface area contributed by atoms with E-state index in [9.17, 15) is 9.90 Å². The lowest BCUT2D eigenvalue weighted by Crippen LogP contribution is -2.37. The minimum absolute atomic E-state index is 0.0108. The Hall–Kier alpha value is -2.55. The minimum atomic E-state index is -0.851. The van der Waals surface area contributed by atoms with Crippen LogP contribution in [0.2, 0.25) is 0 Å². The summed E-state index contributed by atoms with van der Waals surface area (Å²) in [5.74, 6) is 1.06. The Kier molecular flexibility index (Phi) is 7.45. The van der Waals surface area contributed by atoms with Gasteiger partial charge in [-0.15, -0.1) is 0 Å². The summed E-state index contributed by atoms with van der Waals surface area (Å²) in [5.41, 5.74) is 0.552. The second kappa shape index (κ2) is 10.7. The molecular formula is C22H31N5O4. The van der Waals surface area contributed by atoms with Crippen molar-refractivity contribution in [3.8, 4) is 11.5 Å². The number of aliphatic carboxylic acids is 1. The van der Waals surface area contributed by atoms with Gasteiger partial charge in [0.05, 0.1) is 19.6 Å². The lowest BCUT2D eigenvalue weighted by molar-refractivity contribution is -0.137. The summed E-state index contributed by atoms with van der Waals surface area (Å²) in [4.78, 5) is 27.0. The van der Waals surface area contributed by atoms with Crippen LogP contribution in [0.4, 0.5) is 5.82 Å². The number of ether oxygens (including phenoxy) is 1. The standard InChI is InChI=1S/C22H31N5O4/c28-18(29)15-17(8-4-7-16-5-2-1-3-6-16)22-25-20(26-31-22)19-21(24-10-9-23-19)27-11-13-30-14-12-27/h9-10,16-17H,1-8,11-15H2,(H,28,29). The first-order chi connectivity index (χ1) is 15.2. The topological polar surface area (TPSA) is 114 Å². The van der Waals surface area contributed by atoms with Gasteiger partial charge in [-0.3, -0.25) is 4.79 Å². The van der Waals surface area contributed by atoms with Crippen LogP contribution in [0.15, 0.2) is 16.9 Å². The number of anilines is 1. The highest BCUT2D eigenvalue weighted by molar-refractivity contribution is 5.68. The molecule has 2 fully saturated rings. The van der Waals surface area contributed by atoms with Gasteiger partial charge in [0.2, 0.25) is 11.7 Å². The van der Waals surface area contributed by atoms with E-state index in [4.69, 9.17) is 9.26 Å². The van der Waals surface area contributed by atoms with Gasteiger partial charge in [0.1, 0.15) is 0 Å². The monoisotopic (exact) mass is 429 g/mol. The van der Waals surface area contributed by atoms with Crippen molar-refractivity contribution in [3.63, 3.8) is 0 Å². The molecule has 0 aromatic carbocycles. The van der Waals surface area contributed by atoms with Gasteiger partial charge in [0.25, 0.3) is 0 Å². The molecule has 2 aromatic heterocycles. The molecule has 0 amide bonds. The molecule has 1 N–H and O–H groups in total. The van der Waals surface area contributed by atoms with E-state index in [0.717, 1.165) is 38.3 Å². The maximum absolute atomic E-state index is 11.5. The summed E-state index contributed by atoms with van der Waals surface area (Å²) in [5, 5.41) is 13.5. The highest BCUT2D eigenvalue weighted by Crippen LogP contribution is 2.32. The first kappa shape index (κ1) is 21.7. The molecule has 1 aliphatic carbocycles. The number of morpholine rings is 1. The van der Waals surface area contributed by atoms with Crippen LogP contribution in [0.25, 0.3) is 11.5 Å². The second-order valence-corrected chi connectivity index (χ2v) is 8.51. The van der Waals surface area contributed by atoms with Gasteiger partial charge in [0, 0.05) is 31.4 Å². The molecule has 4 rings (SSSR count). The van der Waals surface area contributed by atoms with Crippen molar-refractivity contribution < 1.29 is 19.2 Å². The predicted molar refractivity (Wildman–Crippen MR) is 114 cm³/mol. The molecule has 168 valence electrons. The Balaban J connectivity index is 1.46. The SMILES string of the molecule is O=C(O)CC(CCCC1CCCCC1)c1nc(-c2nccnc2N2CCOCC2)no1. The Morgan fingerprint density at radius 1 is 1.16 bits per heavy atom. The van der Waals surface area contributed by atoms with Gasteiger partial charge < -0.3 is 19.3 Å². The summed E-state index contributed by atoms with van der Waals surface area (Å²) in [6, 6.07) is 0. The molecule has 2 aromatic rings. The normalized spacial score (nSPS) is 18.8. The predicted octanol–water partition coefficient (Wildman–Crippen LogP) is 3.67. The van der Waals surface area contributed by atoms with Crippen molar-refractivity contribution in [2.75, 3.05) is 31.2 Å². The molecule has 0 spiro atoms. The van der Waals surface area contributed by atoms with Gasteiger partial charge in [-0.05, 0) is 12.3 Å². The lowest BCUT2D eigenvalue weighted by atomic mass is 9.84. The lowest BCUT2D eigenvalue weighted by Gasteiger charge is -2.28. The van der Waals surface area contributed by atoms with E-state index in [0.29, 0.717) is 36.4 Å². The number of carboxylic acids is 1. The van der Waals surface area contributed by atoms with Crippen LogP contribution >= 0.6 is 0 Å². The number of carbonyl (C=O) groups is 1. The molecule has 9 nitrogen and oxygen atoms in total. The number of aromatic nitrogens is 4. The molecule has 1 unspecified atom stereocenters. The number of hydrogen-bond acceptors (Lipinski definition) is 8. The number of hydrogen-bond donors (Lipinski definition) is 1. The van der Waals surface area contributed by atoms with E-state index in [-0.39, 0.29) is 12.3 Å². The van der Waals surface area contributed by atoms with Crippen LogP contribution < -0.4 is 4.90 Å². The fourth-order valence-corrected chi connectivity index (χ4v) is 4.64. The van der Waals surface area contributed by atoms with Gasteiger partial charge >= 0.3 is 5.97 Å². The molecule has 31 heavy (non-hydrogen) atoms. The zero-order valence-electron chi connectivity index (χ0n) is 17.9. The zero-order chi connectivity index (χ0) is 21.5. The number of rotatable bonds is 9. The van der Waals surface area contributed by atoms with E-state index in [2.05, 4.69) is 25.0 Å². The van der Waals surface area contributed by atoms with Crippen molar-refractivity contribution in [3.05, 3.63) is 18.3 Å². The second-order valence-electron chi connectivity index (χ2n) is 8.51. The van der Waals surface area contributed by atoms with Crippen LogP contribution in [0, 0.1) is 5.92 Å². The molecule has 1 atom stereocenters. The Morgan fingerprint density at radius 2 is 1.94 bits per heavy atom. The molecule has 2 aliphatic rings. The number of nitrogens with zero attached hydrogens (tertiary/aromatic N) is 5. The molecule has 1 saturated heterocycles. The van der Waals surface area contributed by atoms with E-state index >= 15 is 0 Å². The first-order valence-electron chi connectivity index (χ1n) is 11.4. The fraction of sp³-hybridized carbons (Fsp3) is 0.682.